The van der Waals surface area contributed by atoms with Crippen LogP contribution in [0.2, 0.25) is 0 Å². The SMILES string of the molecule is CCCCNC(=O)c1ccc(OC(=O)c2ccc(OC(=O)c3ccc(OCCCC)cc3)cc2)cc1. The number of nitrogens with one attached hydrogen (secondary N) is 1. The van der Waals surface area contributed by atoms with Crippen LogP contribution in [-0.2, 0) is 0 Å². The van der Waals surface area contributed by atoms with Crippen LogP contribution in [0, 0.1) is 0 Å². The van der Waals surface area contributed by atoms with E-state index in [0.717, 1.165) is 25.7 Å². The molecule has 0 atom stereocenters. The number of carbonyl (C=O) groups excluding carboxylic acids is 3. The van der Waals surface area contributed by atoms with E-state index in [1.165, 1.54) is 24.3 Å². The Morgan fingerprint density at radius 3 is 1.53 bits per heavy atom. The van der Waals surface area contributed by atoms with Crippen molar-refractivity contribution in [1.82, 2.24) is 5.32 Å². The first-order valence-corrected chi connectivity index (χ1v) is 12.2. The zero-order valence-corrected chi connectivity index (χ0v) is 20.6. The summed E-state index contributed by atoms with van der Waals surface area (Å²) < 4.78 is 16.4. The van der Waals surface area contributed by atoms with Crippen molar-refractivity contribution in [3.8, 4) is 17.2 Å². The van der Waals surface area contributed by atoms with Gasteiger partial charge in [-0.05, 0) is 85.6 Å². The monoisotopic (exact) mass is 489 g/mol. The minimum Gasteiger partial charge on any atom is -0.494 e. The van der Waals surface area contributed by atoms with Crippen LogP contribution < -0.4 is 19.5 Å². The van der Waals surface area contributed by atoms with Crippen LogP contribution in [0.15, 0.2) is 72.8 Å². The molecule has 7 heteroatoms. The Hall–Kier alpha value is -4.13. The van der Waals surface area contributed by atoms with Crippen LogP contribution in [0.3, 0.4) is 0 Å². The summed E-state index contributed by atoms with van der Waals surface area (Å²) in [6.07, 6.45) is 3.94. The van der Waals surface area contributed by atoms with Crippen molar-refractivity contribution in [2.45, 2.75) is 39.5 Å². The third-order valence-corrected chi connectivity index (χ3v) is 5.30. The third-order valence-electron chi connectivity index (χ3n) is 5.30. The number of ether oxygens (including phenoxy) is 3. The summed E-state index contributed by atoms with van der Waals surface area (Å²) in [6, 6.07) is 19.2. The topological polar surface area (TPSA) is 90.9 Å². The Labute approximate surface area is 211 Å². The van der Waals surface area contributed by atoms with Gasteiger partial charge in [0.2, 0.25) is 0 Å². The maximum Gasteiger partial charge on any atom is 0.343 e. The summed E-state index contributed by atoms with van der Waals surface area (Å²) in [6.45, 7) is 5.41. The Morgan fingerprint density at radius 1 is 0.611 bits per heavy atom. The molecule has 0 heterocycles. The summed E-state index contributed by atoms with van der Waals surface area (Å²) >= 11 is 0. The van der Waals surface area contributed by atoms with Gasteiger partial charge in [-0.3, -0.25) is 4.79 Å². The molecule has 7 nitrogen and oxygen atoms in total. The van der Waals surface area contributed by atoms with Crippen molar-refractivity contribution in [3.05, 3.63) is 89.5 Å². The van der Waals surface area contributed by atoms with Gasteiger partial charge >= 0.3 is 11.9 Å². The summed E-state index contributed by atoms with van der Waals surface area (Å²) in [7, 11) is 0. The Kier molecular flexibility index (Phi) is 10.1. The summed E-state index contributed by atoms with van der Waals surface area (Å²) in [5.74, 6) is 0.0902. The zero-order chi connectivity index (χ0) is 25.8. The molecule has 1 amide bonds. The van der Waals surface area contributed by atoms with Gasteiger partial charge < -0.3 is 19.5 Å². The third kappa shape index (κ3) is 7.98. The van der Waals surface area contributed by atoms with E-state index in [4.69, 9.17) is 14.2 Å². The predicted octanol–water partition coefficient (Wildman–Crippen LogP) is 5.83. The molecule has 0 aliphatic rings. The molecule has 0 aromatic heterocycles. The highest BCUT2D eigenvalue weighted by Gasteiger charge is 2.13. The largest absolute Gasteiger partial charge is 0.494 e. The lowest BCUT2D eigenvalue weighted by Crippen LogP contribution is -2.24. The van der Waals surface area contributed by atoms with Crippen molar-refractivity contribution in [2.75, 3.05) is 13.2 Å². The lowest BCUT2D eigenvalue weighted by molar-refractivity contribution is 0.0730. The maximum atomic E-state index is 12.5. The molecule has 0 radical (unpaired) electrons. The van der Waals surface area contributed by atoms with Gasteiger partial charge in [-0.1, -0.05) is 26.7 Å². The van der Waals surface area contributed by atoms with E-state index in [-0.39, 0.29) is 5.91 Å². The molecule has 3 aromatic rings. The normalized spacial score (nSPS) is 10.4. The quantitative estimate of drug-likeness (QED) is 0.195. The average Bonchev–Trinajstić information content (AvgIpc) is 2.90. The van der Waals surface area contributed by atoms with Crippen molar-refractivity contribution in [1.29, 1.82) is 0 Å². The van der Waals surface area contributed by atoms with Gasteiger partial charge in [0.1, 0.15) is 17.2 Å². The molecule has 3 rings (SSSR count). The Balaban J connectivity index is 1.51. The molecule has 1 N–H and O–H groups in total. The molecule has 3 aromatic carbocycles. The smallest absolute Gasteiger partial charge is 0.343 e. The lowest BCUT2D eigenvalue weighted by Gasteiger charge is -2.08. The number of amides is 1. The average molecular weight is 490 g/mol. The van der Waals surface area contributed by atoms with Gasteiger partial charge in [-0.2, -0.15) is 0 Å². The van der Waals surface area contributed by atoms with E-state index in [2.05, 4.69) is 19.2 Å². The van der Waals surface area contributed by atoms with Crippen molar-refractivity contribution in [3.63, 3.8) is 0 Å². The molecular formula is C29H31NO6. The van der Waals surface area contributed by atoms with Crippen LogP contribution in [0.1, 0.15) is 70.6 Å². The molecule has 0 saturated carbocycles. The Bertz CT molecular complexity index is 1140. The fourth-order valence-corrected chi connectivity index (χ4v) is 3.17. The summed E-state index contributed by atoms with van der Waals surface area (Å²) in [5, 5.41) is 2.84. The molecule has 0 aliphatic carbocycles. The van der Waals surface area contributed by atoms with Gasteiger partial charge in [0, 0.05) is 12.1 Å². The lowest BCUT2D eigenvalue weighted by atomic mass is 10.2. The van der Waals surface area contributed by atoms with Gasteiger partial charge in [0.25, 0.3) is 5.91 Å². The number of rotatable bonds is 12. The van der Waals surface area contributed by atoms with E-state index >= 15 is 0 Å². The molecule has 0 spiro atoms. The summed E-state index contributed by atoms with van der Waals surface area (Å²) in [5.41, 5.74) is 1.18. The van der Waals surface area contributed by atoms with Gasteiger partial charge in [-0.25, -0.2) is 9.59 Å². The second kappa shape index (κ2) is 13.7. The van der Waals surface area contributed by atoms with Crippen molar-refractivity contribution < 1.29 is 28.6 Å². The van der Waals surface area contributed by atoms with E-state index in [0.29, 0.717) is 47.1 Å². The van der Waals surface area contributed by atoms with Crippen molar-refractivity contribution >= 4 is 17.8 Å². The fraction of sp³-hybridized carbons (Fsp3) is 0.276. The zero-order valence-electron chi connectivity index (χ0n) is 20.6. The predicted molar refractivity (Wildman–Crippen MR) is 137 cm³/mol. The Morgan fingerprint density at radius 2 is 1.06 bits per heavy atom. The molecule has 0 aliphatic heterocycles. The van der Waals surface area contributed by atoms with E-state index < -0.39 is 11.9 Å². The molecule has 0 bridgehead atoms. The second-order valence-electron chi connectivity index (χ2n) is 8.16. The van der Waals surface area contributed by atoms with Crippen LogP contribution in [0.25, 0.3) is 0 Å². The first-order valence-electron chi connectivity index (χ1n) is 12.2. The first kappa shape index (κ1) is 26.5. The minimum atomic E-state index is -0.563. The molecule has 0 fully saturated rings. The van der Waals surface area contributed by atoms with E-state index in [1.807, 2.05) is 0 Å². The fourth-order valence-electron chi connectivity index (χ4n) is 3.17. The standard InChI is InChI=1S/C29H31NO6/c1-3-5-19-30-27(31)21-7-15-25(16-8-21)35-29(33)23-11-17-26(18-12-23)36-28(32)22-9-13-24(14-10-22)34-20-6-4-2/h7-18H,3-6,19-20H2,1-2H3,(H,30,31). The second-order valence-corrected chi connectivity index (χ2v) is 8.16. The van der Waals surface area contributed by atoms with E-state index in [1.54, 1.807) is 48.5 Å². The van der Waals surface area contributed by atoms with Crippen LogP contribution in [0.4, 0.5) is 0 Å². The highest BCUT2D eigenvalue weighted by molar-refractivity contribution is 5.95. The molecule has 0 saturated heterocycles. The first-order chi connectivity index (χ1) is 17.5. The highest BCUT2D eigenvalue weighted by atomic mass is 16.5. The van der Waals surface area contributed by atoms with Crippen LogP contribution in [0.5, 0.6) is 17.2 Å². The number of unbranched alkanes of at least 4 members (excludes halogenated alkanes) is 2. The van der Waals surface area contributed by atoms with Crippen LogP contribution in [-0.4, -0.2) is 31.0 Å². The van der Waals surface area contributed by atoms with Gasteiger partial charge in [0.05, 0.1) is 17.7 Å². The molecule has 0 unspecified atom stereocenters. The number of hydrogen-bond donors (Lipinski definition) is 1. The molecular weight excluding hydrogens is 458 g/mol. The molecule has 188 valence electrons. The maximum absolute atomic E-state index is 12.5. The van der Waals surface area contributed by atoms with Crippen LogP contribution >= 0.6 is 0 Å². The van der Waals surface area contributed by atoms with E-state index in [9.17, 15) is 14.4 Å². The molecule has 36 heavy (non-hydrogen) atoms. The number of benzene rings is 3. The highest BCUT2D eigenvalue weighted by Crippen LogP contribution is 2.19. The summed E-state index contributed by atoms with van der Waals surface area (Å²) in [4.78, 5) is 37.0. The number of hydrogen-bond acceptors (Lipinski definition) is 6. The van der Waals surface area contributed by atoms with Gasteiger partial charge in [-0.15, -0.1) is 0 Å². The number of esters is 2. The number of carbonyl (C=O) groups is 3. The minimum absolute atomic E-state index is 0.164. The van der Waals surface area contributed by atoms with Crippen molar-refractivity contribution in [2.24, 2.45) is 0 Å². The van der Waals surface area contributed by atoms with Gasteiger partial charge in [0.15, 0.2) is 0 Å².